The lowest BCUT2D eigenvalue weighted by Gasteiger charge is -2.26. The zero-order valence-corrected chi connectivity index (χ0v) is 16.8. The maximum absolute atomic E-state index is 11.9. The molecule has 1 atom stereocenters. The van der Waals surface area contributed by atoms with Crippen LogP contribution in [0.3, 0.4) is 0 Å². The molecule has 1 amide bonds. The van der Waals surface area contributed by atoms with E-state index in [-0.39, 0.29) is 35.8 Å². The summed E-state index contributed by atoms with van der Waals surface area (Å²) in [6, 6.07) is 10.0. The van der Waals surface area contributed by atoms with Gasteiger partial charge in [-0.1, -0.05) is 18.2 Å². The van der Waals surface area contributed by atoms with Crippen LogP contribution in [-0.4, -0.2) is 30.0 Å². The highest BCUT2D eigenvalue weighted by molar-refractivity contribution is 14.0. The first-order valence-corrected chi connectivity index (χ1v) is 8.10. The van der Waals surface area contributed by atoms with Crippen molar-refractivity contribution in [3.8, 4) is 0 Å². The second-order valence-electron chi connectivity index (χ2n) is 6.03. The SMILES string of the molecule is CN=C(NCc1ccn(C)c1)NCC1CC(=O)Nc2ccccc21.I. The molecule has 1 aromatic carbocycles. The molecule has 1 aliphatic rings. The molecular weight excluding hydrogens is 429 g/mol. The monoisotopic (exact) mass is 453 g/mol. The first-order chi connectivity index (χ1) is 11.7. The van der Waals surface area contributed by atoms with Gasteiger partial charge in [-0.25, -0.2) is 0 Å². The molecule has 0 aliphatic carbocycles. The van der Waals surface area contributed by atoms with Gasteiger partial charge in [-0.05, 0) is 23.3 Å². The van der Waals surface area contributed by atoms with Crippen molar-refractivity contribution in [2.24, 2.45) is 12.0 Å². The van der Waals surface area contributed by atoms with Gasteiger partial charge in [0.1, 0.15) is 0 Å². The Morgan fingerprint density at radius 2 is 2.12 bits per heavy atom. The number of benzene rings is 1. The summed E-state index contributed by atoms with van der Waals surface area (Å²) < 4.78 is 2.02. The summed E-state index contributed by atoms with van der Waals surface area (Å²) in [5.41, 5.74) is 3.28. The average Bonchev–Trinajstić information content (AvgIpc) is 3.00. The van der Waals surface area contributed by atoms with E-state index in [1.54, 1.807) is 7.05 Å². The van der Waals surface area contributed by atoms with Gasteiger partial charge >= 0.3 is 0 Å². The first-order valence-electron chi connectivity index (χ1n) is 8.10. The fourth-order valence-electron chi connectivity index (χ4n) is 2.98. The number of hydrogen-bond donors (Lipinski definition) is 3. The van der Waals surface area contributed by atoms with E-state index in [0.29, 0.717) is 19.5 Å². The van der Waals surface area contributed by atoms with Crippen molar-refractivity contribution in [1.82, 2.24) is 15.2 Å². The molecule has 1 unspecified atom stereocenters. The van der Waals surface area contributed by atoms with Gasteiger partial charge in [-0.2, -0.15) is 0 Å². The number of amides is 1. The molecule has 25 heavy (non-hydrogen) atoms. The molecular formula is C18H24IN5O. The zero-order valence-electron chi connectivity index (χ0n) is 14.5. The maximum atomic E-state index is 11.9. The van der Waals surface area contributed by atoms with E-state index >= 15 is 0 Å². The highest BCUT2D eigenvalue weighted by Gasteiger charge is 2.24. The van der Waals surface area contributed by atoms with Crippen LogP contribution in [0.4, 0.5) is 5.69 Å². The fourth-order valence-corrected chi connectivity index (χ4v) is 2.98. The number of hydrogen-bond acceptors (Lipinski definition) is 2. The van der Waals surface area contributed by atoms with Crippen LogP contribution < -0.4 is 16.0 Å². The molecule has 0 spiro atoms. The van der Waals surface area contributed by atoms with E-state index in [0.717, 1.165) is 11.6 Å². The molecule has 2 aromatic rings. The number of aliphatic imine (C=N–C) groups is 1. The third-order valence-corrected chi connectivity index (χ3v) is 4.20. The van der Waals surface area contributed by atoms with Crippen molar-refractivity contribution in [2.45, 2.75) is 18.9 Å². The highest BCUT2D eigenvalue weighted by atomic mass is 127. The van der Waals surface area contributed by atoms with Crippen LogP contribution in [0.1, 0.15) is 23.5 Å². The summed E-state index contributed by atoms with van der Waals surface area (Å²) in [6.07, 6.45) is 4.58. The fraction of sp³-hybridized carbons (Fsp3) is 0.333. The number of rotatable bonds is 4. The summed E-state index contributed by atoms with van der Waals surface area (Å²) in [6.45, 7) is 1.38. The van der Waals surface area contributed by atoms with Crippen LogP contribution in [0.25, 0.3) is 0 Å². The number of aromatic nitrogens is 1. The highest BCUT2D eigenvalue weighted by Crippen LogP contribution is 2.31. The van der Waals surface area contributed by atoms with Gasteiger partial charge in [-0.15, -0.1) is 24.0 Å². The number of nitrogens with zero attached hydrogens (tertiary/aromatic N) is 2. The number of carbonyl (C=O) groups excluding carboxylic acids is 1. The Morgan fingerprint density at radius 3 is 2.84 bits per heavy atom. The molecule has 0 fully saturated rings. The quantitative estimate of drug-likeness (QED) is 0.379. The molecule has 134 valence electrons. The van der Waals surface area contributed by atoms with Crippen LogP contribution in [0, 0.1) is 0 Å². The van der Waals surface area contributed by atoms with E-state index in [1.807, 2.05) is 36.0 Å². The summed E-state index contributed by atoms with van der Waals surface area (Å²) in [7, 11) is 3.75. The molecule has 1 aliphatic heterocycles. The molecule has 3 N–H and O–H groups in total. The summed E-state index contributed by atoms with van der Waals surface area (Å²) in [5, 5.41) is 9.55. The van der Waals surface area contributed by atoms with E-state index in [4.69, 9.17) is 0 Å². The third-order valence-electron chi connectivity index (χ3n) is 4.20. The number of fused-ring (bicyclic) bond motifs is 1. The normalized spacial score (nSPS) is 16.5. The number of guanidine groups is 1. The lowest BCUT2D eigenvalue weighted by Crippen LogP contribution is -2.40. The predicted molar refractivity (Wildman–Crippen MR) is 111 cm³/mol. The molecule has 1 aromatic heterocycles. The van der Waals surface area contributed by atoms with Gasteiger partial charge < -0.3 is 20.5 Å². The minimum absolute atomic E-state index is 0. The number of halogens is 1. The van der Waals surface area contributed by atoms with E-state index in [2.05, 4.69) is 39.3 Å². The van der Waals surface area contributed by atoms with Crippen LogP contribution >= 0.6 is 24.0 Å². The minimum atomic E-state index is 0. The lowest BCUT2D eigenvalue weighted by molar-refractivity contribution is -0.116. The third kappa shape index (κ3) is 4.97. The van der Waals surface area contributed by atoms with Crippen molar-refractivity contribution < 1.29 is 4.79 Å². The van der Waals surface area contributed by atoms with Crippen molar-refractivity contribution in [1.29, 1.82) is 0 Å². The van der Waals surface area contributed by atoms with Gasteiger partial charge in [0.25, 0.3) is 0 Å². The van der Waals surface area contributed by atoms with Gasteiger partial charge in [0.2, 0.25) is 5.91 Å². The van der Waals surface area contributed by atoms with Crippen molar-refractivity contribution in [3.05, 3.63) is 53.9 Å². The second-order valence-corrected chi connectivity index (χ2v) is 6.03. The zero-order chi connectivity index (χ0) is 16.9. The van der Waals surface area contributed by atoms with Crippen LogP contribution in [-0.2, 0) is 18.4 Å². The molecule has 6 nitrogen and oxygen atoms in total. The van der Waals surface area contributed by atoms with E-state index < -0.39 is 0 Å². The standard InChI is InChI=1S/C18H23N5O.HI/c1-19-18(20-10-13-7-8-23(2)12-13)21-11-14-9-17(24)22-16-6-4-3-5-15(14)16;/h3-8,12,14H,9-11H2,1-2H3,(H,22,24)(H2,19,20,21);1H. The smallest absolute Gasteiger partial charge is 0.225 e. The Kier molecular flexibility index (Phi) is 6.86. The molecule has 2 heterocycles. The lowest BCUT2D eigenvalue weighted by atomic mass is 9.90. The Labute approximate surface area is 165 Å². The number of para-hydroxylation sites is 1. The van der Waals surface area contributed by atoms with Gasteiger partial charge in [0.05, 0.1) is 0 Å². The number of anilines is 1. The van der Waals surface area contributed by atoms with Crippen LogP contribution in [0.2, 0.25) is 0 Å². The molecule has 0 radical (unpaired) electrons. The van der Waals surface area contributed by atoms with Gasteiger partial charge in [0, 0.05) is 57.6 Å². The molecule has 0 saturated heterocycles. The average molecular weight is 453 g/mol. The maximum Gasteiger partial charge on any atom is 0.225 e. The topological polar surface area (TPSA) is 70.5 Å². The number of nitrogens with one attached hydrogen (secondary N) is 3. The largest absolute Gasteiger partial charge is 0.357 e. The summed E-state index contributed by atoms with van der Waals surface area (Å²) in [5.74, 6) is 0.945. The van der Waals surface area contributed by atoms with Gasteiger partial charge in [0.15, 0.2) is 5.96 Å². The Bertz CT molecular complexity index is 755. The Balaban J connectivity index is 0.00000225. The molecule has 3 rings (SSSR count). The van der Waals surface area contributed by atoms with Crippen molar-refractivity contribution in [3.63, 3.8) is 0 Å². The molecule has 0 saturated carbocycles. The van der Waals surface area contributed by atoms with Crippen LogP contribution in [0.5, 0.6) is 0 Å². The van der Waals surface area contributed by atoms with Crippen molar-refractivity contribution >= 4 is 41.5 Å². The number of aryl methyl sites for hydroxylation is 1. The number of carbonyl (C=O) groups is 1. The summed E-state index contributed by atoms with van der Waals surface area (Å²) >= 11 is 0. The predicted octanol–water partition coefficient (Wildman–Crippen LogP) is 2.43. The van der Waals surface area contributed by atoms with E-state index in [9.17, 15) is 4.79 Å². The van der Waals surface area contributed by atoms with Crippen LogP contribution in [0.15, 0.2) is 47.7 Å². The second kappa shape index (κ2) is 8.89. The van der Waals surface area contributed by atoms with Crippen molar-refractivity contribution in [2.75, 3.05) is 18.9 Å². The van der Waals surface area contributed by atoms with Gasteiger partial charge in [-0.3, -0.25) is 9.79 Å². The summed E-state index contributed by atoms with van der Waals surface area (Å²) in [4.78, 5) is 16.1. The Hall–Kier alpha value is -2.03. The Morgan fingerprint density at radius 1 is 1.32 bits per heavy atom. The minimum Gasteiger partial charge on any atom is -0.357 e. The van der Waals surface area contributed by atoms with E-state index in [1.165, 1.54) is 11.1 Å². The molecule has 0 bridgehead atoms. The molecule has 7 heteroatoms. The first kappa shape index (κ1) is 19.3.